The maximum atomic E-state index is 14.0. The fraction of sp³-hybridized carbons (Fsp3) is 0.324. The second-order valence-corrected chi connectivity index (χ2v) is 13.7. The first-order valence-corrected chi connectivity index (χ1v) is 17.6. The number of carbonyl (C=O) groups is 3. The summed E-state index contributed by atoms with van der Waals surface area (Å²) in [5.41, 5.74) is 3.37. The van der Waals surface area contributed by atoms with Crippen molar-refractivity contribution in [1.29, 1.82) is 0 Å². The Morgan fingerprint density at radius 2 is 1.83 bits per heavy atom. The first kappa shape index (κ1) is 34.7. The Morgan fingerprint density at radius 3 is 2.57 bits per heavy atom. The molecule has 4 aromatic heterocycles. The van der Waals surface area contributed by atoms with Gasteiger partial charge in [0.05, 0.1) is 40.5 Å². The number of benzene rings is 2. The lowest BCUT2D eigenvalue weighted by Crippen LogP contribution is -2.44. The minimum atomic E-state index is -2.92. The lowest BCUT2D eigenvalue weighted by molar-refractivity contribution is -0.135. The van der Waals surface area contributed by atoms with Crippen LogP contribution in [0, 0.1) is 5.92 Å². The maximum absolute atomic E-state index is 14.0. The predicted octanol–water partition coefficient (Wildman–Crippen LogP) is 4.09. The SMILES string of the molecule is CN(CC1CCN(c2cccc3c2n(C)c(=O)n3C2CCC(=O)NC2=O)CC1)c1ccc(-n2cc(NC(=O)c3cnn4cccnc34)c(C(F)F)n2)cc1. The van der Waals surface area contributed by atoms with Gasteiger partial charge < -0.3 is 15.1 Å². The van der Waals surface area contributed by atoms with E-state index in [9.17, 15) is 28.0 Å². The van der Waals surface area contributed by atoms with Gasteiger partial charge in [-0.25, -0.2) is 27.8 Å². The Morgan fingerprint density at radius 1 is 1.06 bits per heavy atom. The highest BCUT2D eigenvalue weighted by Gasteiger charge is 2.32. The van der Waals surface area contributed by atoms with Crippen LogP contribution >= 0.6 is 0 Å². The molecule has 2 N–H and O–H groups in total. The van der Waals surface area contributed by atoms with Crippen LogP contribution in [0.25, 0.3) is 22.4 Å². The zero-order valence-electron chi connectivity index (χ0n) is 29.5. The van der Waals surface area contributed by atoms with Crippen molar-refractivity contribution >= 4 is 51.5 Å². The number of aromatic nitrogens is 7. The van der Waals surface area contributed by atoms with Crippen LogP contribution in [0.4, 0.5) is 25.8 Å². The number of para-hydroxylation sites is 1. The Kier molecular flexibility index (Phi) is 8.91. The number of nitrogens with one attached hydrogen (secondary N) is 2. The molecule has 0 saturated carbocycles. The van der Waals surface area contributed by atoms with Crippen LogP contribution in [0.3, 0.4) is 0 Å². The molecule has 278 valence electrons. The van der Waals surface area contributed by atoms with Crippen molar-refractivity contribution in [3.05, 3.63) is 95.1 Å². The lowest BCUT2D eigenvalue weighted by atomic mass is 9.95. The van der Waals surface area contributed by atoms with E-state index in [1.54, 1.807) is 36.0 Å². The molecule has 0 spiro atoms. The summed E-state index contributed by atoms with van der Waals surface area (Å²) in [4.78, 5) is 59.4. The Bertz CT molecular complexity index is 2460. The number of piperidine rings is 2. The van der Waals surface area contributed by atoms with Crippen molar-refractivity contribution in [2.75, 3.05) is 41.8 Å². The average Bonchev–Trinajstić information content (AvgIpc) is 3.87. The number of alkyl halides is 2. The molecule has 2 aromatic carbocycles. The molecule has 15 nitrogen and oxygen atoms in total. The maximum Gasteiger partial charge on any atom is 0.329 e. The van der Waals surface area contributed by atoms with Gasteiger partial charge in [-0.15, -0.1) is 0 Å². The lowest BCUT2D eigenvalue weighted by Gasteiger charge is -2.36. The quantitative estimate of drug-likeness (QED) is 0.209. The van der Waals surface area contributed by atoms with Gasteiger partial charge >= 0.3 is 5.69 Å². The molecule has 0 aliphatic carbocycles. The summed E-state index contributed by atoms with van der Waals surface area (Å²) in [6, 6.07) is 14.1. The second-order valence-electron chi connectivity index (χ2n) is 13.7. The van der Waals surface area contributed by atoms with Crippen LogP contribution in [0.15, 0.2) is 78.1 Å². The van der Waals surface area contributed by atoms with Crippen molar-refractivity contribution in [3.8, 4) is 5.69 Å². The summed E-state index contributed by atoms with van der Waals surface area (Å²) < 4.78 is 33.9. The Labute approximate surface area is 306 Å². The molecule has 17 heteroatoms. The van der Waals surface area contributed by atoms with Crippen LogP contribution in [0.2, 0.25) is 0 Å². The number of carbonyl (C=O) groups excluding carboxylic acids is 3. The molecule has 1 atom stereocenters. The molecule has 3 amide bonds. The van der Waals surface area contributed by atoms with E-state index in [0.717, 1.165) is 49.4 Å². The smallest absolute Gasteiger partial charge is 0.329 e. The van der Waals surface area contributed by atoms with E-state index in [4.69, 9.17) is 0 Å². The van der Waals surface area contributed by atoms with Gasteiger partial charge in [-0.1, -0.05) is 6.07 Å². The number of imidazole rings is 1. The highest BCUT2D eigenvalue weighted by molar-refractivity contribution is 6.08. The summed E-state index contributed by atoms with van der Waals surface area (Å²) in [7, 11) is 3.73. The number of halogens is 2. The van der Waals surface area contributed by atoms with Crippen LogP contribution in [-0.2, 0) is 16.6 Å². The van der Waals surface area contributed by atoms with Gasteiger partial charge in [-0.3, -0.25) is 28.8 Å². The molecule has 6 aromatic rings. The number of rotatable bonds is 9. The zero-order valence-corrected chi connectivity index (χ0v) is 29.5. The van der Waals surface area contributed by atoms with E-state index in [1.165, 1.54) is 32.4 Å². The van der Waals surface area contributed by atoms with Gasteiger partial charge in [-0.05, 0) is 67.6 Å². The number of hydrogen-bond donors (Lipinski definition) is 2. The van der Waals surface area contributed by atoms with Crippen LogP contribution in [0.1, 0.15) is 54.2 Å². The van der Waals surface area contributed by atoms with Crippen LogP contribution < -0.4 is 26.1 Å². The predicted molar refractivity (Wildman–Crippen MR) is 196 cm³/mol. The van der Waals surface area contributed by atoms with Gasteiger partial charge in [0.2, 0.25) is 11.8 Å². The highest BCUT2D eigenvalue weighted by atomic mass is 19.3. The molecule has 2 fully saturated rings. The Hall–Kier alpha value is -6.39. The van der Waals surface area contributed by atoms with E-state index >= 15 is 0 Å². The molecule has 0 bridgehead atoms. The number of amides is 3. The highest BCUT2D eigenvalue weighted by Crippen LogP contribution is 2.33. The second kappa shape index (κ2) is 13.9. The monoisotopic (exact) mass is 737 g/mol. The third kappa shape index (κ3) is 6.24. The summed E-state index contributed by atoms with van der Waals surface area (Å²) in [6.45, 7) is 2.37. The van der Waals surface area contributed by atoms with Gasteiger partial charge in [-0.2, -0.15) is 10.2 Å². The minimum absolute atomic E-state index is 0.108. The Balaban J connectivity index is 0.920. The summed E-state index contributed by atoms with van der Waals surface area (Å²) in [5.74, 6) is -1.01. The third-order valence-electron chi connectivity index (χ3n) is 10.4. The number of aryl methyl sites for hydroxylation is 1. The van der Waals surface area contributed by atoms with Crippen molar-refractivity contribution in [1.82, 2.24) is 38.8 Å². The van der Waals surface area contributed by atoms with E-state index in [1.807, 2.05) is 37.4 Å². The van der Waals surface area contributed by atoms with Gasteiger partial charge in [0.1, 0.15) is 11.6 Å². The molecule has 6 heterocycles. The standard InChI is InChI=1S/C37H37F2N11O4/c1-45(20-22-13-17-47(18-14-22)27-5-3-6-28-32(27)46(2)37(54)50(28)29-11-12-30(51)43-36(29)53)23-7-9-24(10-8-23)49-21-26(31(44-49)33(38)39)42-35(52)25-19-41-48-16-4-15-40-34(25)48/h3-10,15-16,19,21-22,29,33H,11-14,17-18,20H2,1-2H3,(H,42,52)(H,43,51,53). The topological polar surface area (TPSA) is 157 Å². The van der Waals surface area contributed by atoms with E-state index < -0.39 is 30.0 Å². The third-order valence-corrected chi connectivity index (χ3v) is 10.4. The zero-order chi connectivity index (χ0) is 37.7. The average molecular weight is 738 g/mol. The summed E-state index contributed by atoms with van der Waals surface area (Å²) >= 11 is 0. The molecule has 8 rings (SSSR count). The number of nitrogens with zero attached hydrogens (tertiary/aromatic N) is 9. The van der Waals surface area contributed by atoms with E-state index in [0.29, 0.717) is 22.8 Å². The van der Waals surface area contributed by atoms with Crippen molar-refractivity contribution in [2.45, 2.75) is 38.2 Å². The molecule has 0 radical (unpaired) electrons. The van der Waals surface area contributed by atoms with Gasteiger partial charge in [0, 0.05) is 58.2 Å². The molecule has 1 unspecified atom stereocenters. The van der Waals surface area contributed by atoms with E-state index in [2.05, 4.69) is 35.6 Å². The van der Waals surface area contributed by atoms with Gasteiger partial charge in [0.15, 0.2) is 11.3 Å². The normalized spacial score (nSPS) is 16.8. The molecular weight excluding hydrogens is 700 g/mol. The van der Waals surface area contributed by atoms with Crippen molar-refractivity contribution in [3.63, 3.8) is 0 Å². The molecule has 2 saturated heterocycles. The number of hydrogen-bond acceptors (Lipinski definition) is 9. The van der Waals surface area contributed by atoms with Gasteiger partial charge in [0.25, 0.3) is 12.3 Å². The summed E-state index contributed by atoms with van der Waals surface area (Å²) in [5, 5.41) is 13.1. The van der Waals surface area contributed by atoms with Crippen molar-refractivity contribution < 1.29 is 23.2 Å². The number of anilines is 3. The largest absolute Gasteiger partial charge is 0.374 e. The van der Waals surface area contributed by atoms with Crippen LogP contribution in [-0.4, -0.2) is 77.9 Å². The molecule has 2 aliphatic rings. The summed E-state index contributed by atoms with van der Waals surface area (Å²) in [6.07, 6.45) is 5.24. The molecule has 2 aliphatic heterocycles. The fourth-order valence-electron chi connectivity index (χ4n) is 7.57. The molecular formula is C37H37F2N11O4. The molecule has 54 heavy (non-hydrogen) atoms. The fourth-order valence-corrected chi connectivity index (χ4v) is 7.57. The number of fused-ring (bicyclic) bond motifs is 2. The number of imide groups is 1. The first-order chi connectivity index (χ1) is 26.1. The van der Waals surface area contributed by atoms with Crippen LogP contribution in [0.5, 0.6) is 0 Å². The van der Waals surface area contributed by atoms with E-state index in [-0.39, 0.29) is 35.7 Å². The van der Waals surface area contributed by atoms with Crippen molar-refractivity contribution in [2.24, 2.45) is 13.0 Å². The first-order valence-electron chi connectivity index (χ1n) is 17.6. The minimum Gasteiger partial charge on any atom is -0.374 e.